The molecule has 176 valence electrons. The average molecular weight is 484 g/mol. The van der Waals surface area contributed by atoms with Gasteiger partial charge in [0.15, 0.2) is 18.3 Å². The van der Waals surface area contributed by atoms with Crippen molar-refractivity contribution >= 4 is 28.7 Å². The SMILES string of the molecule is COc1ccc(OC)c(NC(=S)Nc2cc(OCC(F)(F)F)cc(OCC(F)(F)F)c2)c1. The van der Waals surface area contributed by atoms with Crippen LogP contribution in [0.5, 0.6) is 23.0 Å². The summed E-state index contributed by atoms with van der Waals surface area (Å²) >= 11 is 5.18. The highest BCUT2D eigenvalue weighted by atomic mass is 32.1. The number of methoxy groups -OCH3 is 2. The van der Waals surface area contributed by atoms with Crippen LogP contribution in [0.25, 0.3) is 0 Å². The highest BCUT2D eigenvalue weighted by Crippen LogP contribution is 2.31. The average Bonchev–Trinajstić information content (AvgIpc) is 2.69. The van der Waals surface area contributed by atoms with Gasteiger partial charge in [-0.2, -0.15) is 26.3 Å². The Morgan fingerprint density at radius 3 is 1.81 bits per heavy atom. The van der Waals surface area contributed by atoms with Gasteiger partial charge in [0.05, 0.1) is 19.9 Å². The fraction of sp³-hybridized carbons (Fsp3) is 0.316. The Hall–Kier alpha value is -3.09. The van der Waals surface area contributed by atoms with Gasteiger partial charge in [-0.1, -0.05) is 0 Å². The Morgan fingerprint density at radius 1 is 0.781 bits per heavy atom. The summed E-state index contributed by atoms with van der Waals surface area (Å²) in [6.07, 6.45) is -9.29. The fourth-order valence-electron chi connectivity index (χ4n) is 2.34. The molecule has 0 amide bonds. The number of anilines is 2. The molecule has 0 aliphatic carbocycles. The van der Waals surface area contributed by atoms with E-state index >= 15 is 0 Å². The molecule has 0 atom stereocenters. The van der Waals surface area contributed by atoms with E-state index in [1.54, 1.807) is 18.2 Å². The molecule has 0 spiro atoms. The van der Waals surface area contributed by atoms with Crippen molar-refractivity contribution in [3.05, 3.63) is 36.4 Å². The Kier molecular flexibility index (Phi) is 8.25. The predicted octanol–water partition coefficient (Wildman–Crippen LogP) is 5.39. The van der Waals surface area contributed by atoms with E-state index < -0.39 is 25.6 Å². The van der Waals surface area contributed by atoms with Crippen molar-refractivity contribution in [1.82, 2.24) is 0 Å². The standard InChI is InChI=1S/C19H18F6N2O4S/c1-28-12-3-4-16(29-2)15(8-12)27-17(32)26-11-5-13(30-9-18(20,21)22)7-14(6-11)31-10-19(23,24)25/h3-8H,9-10H2,1-2H3,(H2,26,27,32). The third-order valence-electron chi connectivity index (χ3n) is 3.60. The zero-order valence-corrected chi connectivity index (χ0v) is 17.5. The third kappa shape index (κ3) is 8.57. The molecule has 6 nitrogen and oxygen atoms in total. The molecule has 0 aromatic heterocycles. The minimum absolute atomic E-state index is 0.0289. The molecule has 0 bridgehead atoms. The zero-order chi connectivity index (χ0) is 23.9. The summed E-state index contributed by atoms with van der Waals surface area (Å²) in [7, 11) is 2.88. The molecule has 0 radical (unpaired) electrons. The minimum Gasteiger partial charge on any atom is -0.497 e. The molecule has 0 saturated heterocycles. The van der Waals surface area contributed by atoms with Gasteiger partial charge < -0.3 is 29.6 Å². The summed E-state index contributed by atoms with van der Waals surface area (Å²) in [5.41, 5.74) is 0.434. The van der Waals surface area contributed by atoms with Gasteiger partial charge in [0.2, 0.25) is 0 Å². The minimum atomic E-state index is -4.64. The monoisotopic (exact) mass is 484 g/mol. The van der Waals surface area contributed by atoms with Crippen molar-refractivity contribution in [2.75, 3.05) is 38.1 Å². The summed E-state index contributed by atoms with van der Waals surface area (Å²) in [5, 5.41) is 5.43. The number of alkyl halides is 6. The largest absolute Gasteiger partial charge is 0.497 e. The predicted molar refractivity (Wildman–Crippen MR) is 109 cm³/mol. The van der Waals surface area contributed by atoms with Crippen molar-refractivity contribution in [3.63, 3.8) is 0 Å². The topological polar surface area (TPSA) is 61.0 Å². The van der Waals surface area contributed by atoms with Crippen molar-refractivity contribution in [2.45, 2.75) is 12.4 Å². The normalized spacial score (nSPS) is 11.5. The van der Waals surface area contributed by atoms with Crippen LogP contribution < -0.4 is 29.6 Å². The van der Waals surface area contributed by atoms with Gasteiger partial charge in [-0.25, -0.2) is 0 Å². The summed E-state index contributed by atoms with van der Waals surface area (Å²) < 4.78 is 94.3. The van der Waals surface area contributed by atoms with Gasteiger partial charge in [-0.3, -0.25) is 0 Å². The van der Waals surface area contributed by atoms with E-state index in [9.17, 15) is 26.3 Å². The Morgan fingerprint density at radius 2 is 1.34 bits per heavy atom. The first kappa shape index (κ1) is 25.2. The second-order valence-electron chi connectivity index (χ2n) is 6.15. The molecular weight excluding hydrogens is 466 g/mol. The Balaban J connectivity index is 2.21. The quantitative estimate of drug-likeness (QED) is 0.385. The highest BCUT2D eigenvalue weighted by molar-refractivity contribution is 7.80. The second kappa shape index (κ2) is 10.5. The van der Waals surface area contributed by atoms with Gasteiger partial charge in [0.1, 0.15) is 23.0 Å². The van der Waals surface area contributed by atoms with E-state index in [1.165, 1.54) is 14.2 Å². The van der Waals surface area contributed by atoms with E-state index in [0.29, 0.717) is 17.2 Å². The lowest BCUT2D eigenvalue weighted by Crippen LogP contribution is -2.21. The van der Waals surface area contributed by atoms with Gasteiger partial charge in [-0.05, 0) is 24.4 Å². The number of hydrogen-bond donors (Lipinski definition) is 2. The summed E-state index contributed by atoms with van der Waals surface area (Å²) in [6, 6.07) is 7.99. The van der Waals surface area contributed by atoms with E-state index in [4.69, 9.17) is 21.7 Å². The van der Waals surface area contributed by atoms with Crippen LogP contribution in [0, 0.1) is 0 Å². The first-order valence-corrected chi connectivity index (χ1v) is 9.13. The van der Waals surface area contributed by atoms with Crippen molar-refractivity contribution in [1.29, 1.82) is 0 Å². The lowest BCUT2D eigenvalue weighted by molar-refractivity contribution is -0.153. The maximum absolute atomic E-state index is 12.5. The second-order valence-corrected chi connectivity index (χ2v) is 6.55. The van der Waals surface area contributed by atoms with Gasteiger partial charge in [0.25, 0.3) is 0 Å². The Labute approximate surface area is 184 Å². The molecule has 0 heterocycles. The van der Waals surface area contributed by atoms with Gasteiger partial charge in [0, 0.05) is 30.0 Å². The molecule has 2 N–H and O–H groups in total. The molecule has 0 aliphatic rings. The molecule has 2 aromatic carbocycles. The van der Waals surface area contributed by atoms with Crippen LogP contribution in [0.1, 0.15) is 0 Å². The molecule has 0 fully saturated rings. The molecule has 0 saturated carbocycles. The number of thiocarbonyl (C=S) groups is 1. The van der Waals surface area contributed by atoms with Crippen LogP contribution in [0.2, 0.25) is 0 Å². The van der Waals surface area contributed by atoms with Crippen LogP contribution in [0.3, 0.4) is 0 Å². The number of rotatable bonds is 8. The molecule has 32 heavy (non-hydrogen) atoms. The first-order valence-electron chi connectivity index (χ1n) is 8.73. The number of halogens is 6. The van der Waals surface area contributed by atoms with Crippen LogP contribution in [0.4, 0.5) is 37.7 Å². The van der Waals surface area contributed by atoms with Gasteiger partial charge in [-0.15, -0.1) is 0 Å². The lowest BCUT2D eigenvalue weighted by Gasteiger charge is -2.17. The van der Waals surface area contributed by atoms with E-state index in [2.05, 4.69) is 20.1 Å². The van der Waals surface area contributed by atoms with Crippen LogP contribution in [-0.2, 0) is 0 Å². The van der Waals surface area contributed by atoms with Crippen LogP contribution in [-0.4, -0.2) is 44.9 Å². The smallest absolute Gasteiger partial charge is 0.422 e. The molecular formula is C19H18F6N2O4S. The van der Waals surface area contributed by atoms with Crippen LogP contribution in [0.15, 0.2) is 36.4 Å². The lowest BCUT2D eigenvalue weighted by atomic mass is 10.2. The number of ether oxygens (including phenoxy) is 4. The summed E-state index contributed by atoms with van der Waals surface area (Å²) in [6.45, 7) is -3.28. The Bertz CT molecular complexity index is 901. The number of benzene rings is 2. The first-order chi connectivity index (χ1) is 14.9. The number of hydrogen-bond acceptors (Lipinski definition) is 5. The molecule has 2 rings (SSSR count). The summed E-state index contributed by atoms with van der Waals surface area (Å²) in [4.78, 5) is 0. The molecule has 2 aromatic rings. The highest BCUT2D eigenvalue weighted by Gasteiger charge is 2.30. The summed E-state index contributed by atoms with van der Waals surface area (Å²) in [5.74, 6) is 0.158. The fourth-order valence-corrected chi connectivity index (χ4v) is 2.57. The molecule has 13 heteroatoms. The van der Waals surface area contributed by atoms with Crippen molar-refractivity contribution in [3.8, 4) is 23.0 Å². The van der Waals surface area contributed by atoms with Gasteiger partial charge >= 0.3 is 12.4 Å². The molecule has 0 unspecified atom stereocenters. The van der Waals surface area contributed by atoms with E-state index in [1.807, 2.05) is 0 Å². The zero-order valence-electron chi connectivity index (χ0n) is 16.7. The van der Waals surface area contributed by atoms with Crippen molar-refractivity contribution in [2.24, 2.45) is 0 Å². The number of nitrogens with one attached hydrogen (secondary N) is 2. The van der Waals surface area contributed by atoms with Crippen LogP contribution >= 0.6 is 12.2 Å². The maximum atomic E-state index is 12.5. The van der Waals surface area contributed by atoms with Crippen molar-refractivity contribution < 1.29 is 45.3 Å². The molecule has 0 aliphatic heterocycles. The van der Waals surface area contributed by atoms with E-state index in [-0.39, 0.29) is 22.3 Å². The van der Waals surface area contributed by atoms with E-state index in [0.717, 1.165) is 18.2 Å². The third-order valence-corrected chi connectivity index (χ3v) is 3.80. The maximum Gasteiger partial charge on any atom is 0.422 e.